The van der Waals surface area contributed by atoms with Crippen LogP contribution >= 0.6 is 0 Å². The summed E-state index contributed by atoms with van der Waals surface area (Å²) in [6.07, 6.45) is 2.02. The minimum Gasteiger partial charge on any atom is -0.465 e. The van der Waals surface area contributed by atoms with Crippen molar-refractivity contribution in [3.05, 3.63) is 77.1 Å². The maximum Gasteiger partial charge on any atom is 0.317 e. The van der Waals surface area contributed by atoms with E-state index >= 15 is 0 Å². The summed E-state index contributed by atoms with van der Waals surface area (Å²) < 4.78 is 18.4. The van der Waals surface area contributed by atoms with Gasteiger partial charge >= 0.3 is 5.97 Å². The predicted octanol–water partition coefficient (Wildman–Crippen LogP) is 4.45. The fourth-order valence-corrected chi connectivity index (χ4v) is 3.54. The van der Waals surface area contributed by atoms with Crippen LogP contribution in [0, 0.1) is 18.7 Å². The number of aryl methyl sites for hydroxylation is 1. The highest BCUT2D eigenvalue weighted by atomic mass is 19.1. The Morgan fingerprint density at radius 1 is 1.15 bits per heavy atom. The molecule has 0 radical (unpaired) electrons. The summed E-state index contributed by atoms with van der Waals surface area (Å²) in [6, 6.07) is 13.8. The van der Waals surface area contributed by atoms with Crippen LogP contribution < -0.4 is 0 Å². The molecule has 2 atom stereocenters. The van der Waals surface area contributed by atoms with Crippen LogP contribution in [0.25, 0.3) is 5.57 Å². The van der Waals surface area contributed by atoms with Gasteiger partial charge in [0.1, 0.15) is 11.7 Å². The first-order chi connectivity index (χ1) is 12.5. The average molecular weight is 352 g/mol. The first-order valence-electron chi connectivity index (χ1n) is 8.73. The molecular formula is C22H21FO3. The van der Waals surface area contributed by atoms with Crippen molar-refractivity contribution in [3.8, 4) is 0 Å². The highest BCUT2D eigenvalue weighted by Gasteiger charge is 2.40. The highest BCUT2D eigenvalue weighted by molar-refractivity contribution is 6.10. The van der Waals surface area contributed by atoms with Crippen molar-refractivity contribution >= 4 is 17.3 Å². The van der Waals surface area contributed by atoms with Crippen LogP contribution in [-0.4, -0.2) is 18.4 Å². The summed E-state index contributed by atoms with van der Waals surface area (Å²) in [6.45, 7) is 3.93. The molecule has 0 aliphatic heterocycles. The average Bonchev–Trinajstić information content (AvgIpc) is 2.62. The predicted molar refractivity (Wildman–Crippen MR) is 98.0 cm³/mol. The number of hydrogen-bond donors (Lipinski definition) is 0. The molecule has 0 saturated carbocycles. The van der Waals surface area contributed by atoms with Crippen molar-refractivity contribution in [2.45, 2.75) is 26.2 Å². The van der Waals surface area contributed by atoms with Gasteiger partial charge in [-0.25, -0.2) is 4.39 Å². The van der Waals surface area contributed by atoms with Crippen molar-refractivity contribution in [1.82, 2.24) is 0 Å². The van der Waals surface area contributed by atoms with Crippen LogP contribution in [0.5, 0.6) is 0 Å². The Bertz CT molecular complexity index is 852. The van der Waals surface area contributed by atoms with Gasteiger partial charge in [0.05, 0.1) is 6.61 Å². The van der Waals surface area contributed by atoms with Crippen molar-refractivity contribution < 1.29 is 18.7 Å². The molecule has 0 fully saturated rings. The number of carbonyl (C=O) groups is 2. The molecule has 3 rings (SSSR count). The van der Waals surface area contributed by atoms with E-state index in [1.54, 1.807) is 19.1 Å². The van der Waals surface area contributed by atoms with Gasteiger partial charge in [0, 0.05) is 5.92 Å². The zero-order chi connectivity index (χ0) is 18.7. The van der Waals surface area contributed by atoms with Crippen LogP contribution in [-0.2, 0) is 14.3 Å². The first kappa shape index (κ1) is 18.1. The van der Waals surface area contributed by atoms with Crippen molar-refractivity contribution in [2.24, 2.45) is 5.92 Å². The lowest BCUT2D eigenvalue weighted by Gasteiger charge is -2.30. The van der Waals surface area contributed by atoms with Crippen LogP contribution in [0.2, 0.25) is 0 Å². The number of allylic oxidation sites excluding steroid dienone is 2. The fourth-order valence-electron chi connectivity index (χ4n) is 3.54. The van der Waals surface area contributed by atoms with E-state index in [-0.39, 0.29) is 24.1 Å². The standard InChI is InChI=1S/C22H21FO3/c1-3-26-22(25)21-19(18-7-5-4-6-14(18)2)12-16(13-20(21)24)15-8-10-17(23)11-9-15/h4-11,13,19,21H,3,12H2,1-2H3/t19-,21-/m0/s1. The molecule has 0 unspecified atom stereocenters. The normalized spacial score (nSPS) is 19.8. The third-order valence-corrected chi connectivity index (χ3v) is 4.81. The molecule has 0 saturated heterocycles. The van der Waals surface area contributed by atoms with Gasteiger partial charge in [-0.3, -0.25) is 9.59 Å². The molecule has 2 aromatic rings. The number of ketones is 1. The van der Waals surface area contributed by atoms with Gasteiger partial charge in [0.25, 0.3) is 0 Å². The second-order valence-corrected chi connectivity index (χ2v) is 6.48. The zero-order valence-corrected chi connectivity index (χ0v) is 14.9. The number of benzene rings is 2. The summed E-state index contributed by atoms with van der Waals surface area (Å²) in [7, 11) is 0. The molecule has 0 aromatic heterocycles. The molecule has 0 amide bonds. The molecule has 0 heterocycles. The monoisotopic (exact) mass is 352 g/mol. The second kappa shape index (κ2) is 7.65. The summed E-state index contributed by atoms with van der Waals surface area (Å²) in [4.78, 5) is 25.3. The van der Waals surface area contributed by atoms with Gasteiger partial charge < -0.3 is 4.74 Å². The van der Waals surface area contributed by atoms with E-state index in [0.29, 0.717) is 6.42 Å². The quantitative estimate of drug-likeness (QED) is 0.603. The number of rotatable bonds is 4. The van der Waals surface area contributed by atoms with Crippen molar-refractivity contribution in [3.63, 3.8) is 0 Å². The lowest BCUT2D eigenvalue weighted by molar-refractivity contribution is -0.151. The van der Waals surface area contributed by atoms with Gasteiger partial charge in [-0.1, -0.05) is 36.4 Å². The Morgan fingerprint density at radius 2 is 1.85 bits per heavy atom. The van der Waals surface area contributed by atoms with E-state index in [0.717, 1.165) is 22.3 Å². The highest BCUT2D eigenvalue weighted by Crippen LogP contribution is 2.41. The molecule has 0 N–H and O–H groups in total. The number of ether oxygens (including phenoxy) is 1. The zero-order valence-electron chi connectivity index (χ0n) is 14.9. The Labute approximate surface area is 152 Å². The molecule has 0 spiro atoms. The van der Waals surface area contributed by atoms with Gasteiger partial charge in [0.2, 0.25) is 0 Å². The number of halogens is 1. The number of carbonyl (C=O) groups excluding carboxylic acids is 2. The molecule has 1 aliphatic rings. The minimum atomic E-state index is -0.847. The lowest BCUT2D eigenvalue weighted by Crippen LogP contribution is -2.34. The third-order valence-electron chi connectivity index (χ3n) is 4.81. The van der Waals surface area contributed by atoms with Crippen LogP contribution in [0.3, 0.4) is 0 Å². The van der Waals surface area contributed by atoms with Crippen LogP contribution in [0.4, 0.5) is 4.39 Å². The summed E-state index contributed by atoms with van der Waals surface area (Å²) in [5, 5.41) is 0. The largest absolute Gasteiger partial charge is 0.465 e. The molecule has 3 nitrogen and oxygen atoms in total. The summed E-state index contributed by atoms with van der Waals surface area (Å²) in [5.74, 6) is -2.22. The van der Waals surface area contributed by atoms with Gasteiger partial charge in [-0.15, -0.1) is 0 Å². The SMILES string of the molecule is CCOC(=O)[C@@H]1C(=O)C=C(c2ccc(F)cc2)C[C@H]1c1ccccc1C. The molecule has 0 bridgehead atoms. The Balaban J connectivity index is 2.04. The Morgan fingerprint density at radius 3 is 2.50 bits per heavy atom. The number of hydrogen-bond acceptors (Lipinski definition) is 3. The minimum absolute atomic E-state index is 0.234. The Kier molecular flexibility index (Phi) is 5.31. The maximum absolute atomic E-state index is 13.2. The van der Waals surface area contributed by atoms with Gasteiger partial charge in [-0.05, 0) is 60.7 Å². The summed E-state index contributed by atoms with van der Waals surface area (Å²) >= 11 is 0. The van der Waals surface area contributed by atoms with E-state index in [4.69, 9.17) is 4.74 Å². The molecule has 1 aliphatic carbocycles. The maximum atomic E-state index is 13.2. The van der Waals surface area contributed by atoms with E-state index in [2.05, 4.69) is 0 Å². The smallest absolute Gasteiger partial charge is 0.317 e. The Hall–Kier alpha value is -2.75. The number of esters is 1. The molecule has 2 aromatic carbocycles. The lowest BCUT2D eigenvalue weighted by atomic mass is 9.72. The second-order valence-electron chi connectivity index (χ2n) is 6.48. The molecule has 26 heavy (non-hydrogen) atoms. The van der Waals surface area contributed by atoms with E-state index in [1.165, 1.54) is 18.2 Å². The van der Waals surface area contributed by atoms with Crippen molar-refractivity contribution in [1.29, 1.82) is 0 Å². The van der Waals surface area contributed by atoms with Gasteiger partial charge in [-0.2, -0.15) is 0 Å². The van der Waals surface area contributed by atoms with E-state index < -0.39 is 11.9 Å². The van der Waals surface area contributed by atoms with E-state index in [9.17, 15) is 14.0 Å². The molecule has 4 heteroatoms. The molecule has 134 valence electrons. The summed E-state index contributed by atoms with van der Waals surface area (Å²) in [5.41, 5.74) is 3.59. The van der Waals surface area contributed by atoms with Gasteiger partial charge in [0.15, 0.2) is 5.78 Å². The fraction of sp³-hybridized carbons (Fsp3) is 0.273. The topological polar surface area (TPSA) is 43.4 Å². The molecular weight excluding hydrogens is 331 g/mol. The van der Waals surface area contributed by atoms with Crippen LogP contribution in [0.1, 0.15) is 36.0 Å². The van der Waals surface area contributed by atoms with E-state index in [1.807, 2.05) is 31.2 Å². The first-order valence-corrected chi connectivity index (χ1v) is 8.73. The van der Waals surface area contributed by atoms with Crippen LogP contribution in [0.15, 0.2) is 54.6 Å². The third kappa shape index (κ3) is 3.59. The van der Waals surface area contributed by atoms with Crippen molar-refractivity contribution in [2.75, 3.05) is 6.61 Å².